The lowest BCUT2D eigenvalue weighted by Gasteiger charge is -1.95. The molecule has 0 aromatic carbocycles. The van der Waals surface area contributed by atoms with Crippen LogP contribution in [0.1, 0.15) is 6.92 Å². The van der Waals surface area contributed by atoms with E-state index < -0.39 is 11.2 Å². The van der Waals surface area contributed by atoms with Crippen LogP contribution in [-0.4, -0.2) is 17.7 Å². The van der Waals surface area contributed by atoms with Crippen molar-refractivity contribution in [3.05, 3.63) is 0 Å². The summed E-state index contributed by atoms with van der Waals surface area (Å²) in [7, 11) is 0. The molecule has 0 heterocycles. The molecule has 1 atom stereocenters. The summed E-state index contributed by atoms with van der Waals surface area (Å²) in [6.45, 7) is 1.62. The van der Waals surface area contributed by atoms with E-state index in [4.69, 9.17) is 0 Å². The number of carbonyl (C=O) groups excluding carboxylic acids is 2. The van der Waals surface area contributed by atoms with Crippen molar-refractivity contribution in [3.63, 3.8) is 0 Å². The van der Waals surface area contributed by atoms with Crippen LogP contribution in [0.15, 0.2) is 0 Å². The molecule has 0 aliphatic carbocycles. The number of hydrogen-bond donors (Lipinski definition) is 1. The van der Waals surface area contributed by atoms with Crippen LogP contribution >= 0.6 is 12.6 Å². The molecule has 0 amide bonds. The van der Waals surface area contributed by atoms with Crippen molar-refractivity contribution in [2.24, 2.45) is 0 Å². The van der Waals surface area contributed by atoms with E-state index in [1.807, 2.05) is 0 Å². The monoisotopic (exact) mass is 134 g/mol. The van der Waals surface area contributed by atoms with E-state index in [0.29, 0.717) is 0 Å². The van der Waals surface area contributed by atoms with E-state index in [9.17, 15) is 9.59 Å². The molecule has 4 heteroatoms. The van der Waals surface area contributed by atoms with Gasteiger partial charge in [0.1, 0.15) is 0 Å². The van der Waals surface area contributed by atoms with Crippen molar-refractivity contribution in [1.82, 2.24) is 0 Å². The SMILES string of the molecule is CC(S)C(=O)OC=O. The molecule has 0 rings (SSSR count). The number of rotatable bonds is 2. The van der Waals surface area contributed by atoms with Gasteiger partial charge in [-0.05, 0) is 6.92 Å². The molecule has 0 aliphatic rings. The summed E-state index contributed by atoms with van der Waals surface area (Å²) in [6, 6.07) is 0. The molecular weight excluding hydrogens is 128 g/mol. The zero-order valence-electron chi connectivity index (χ0n) is 4.33. The Bertz CT molecular complexity index is 99.5. The Kier molecular flexibility index (Phi) is 3.26. The third kappa shape index (κ3) is 2.63. The summed E-state index contributed by atoms with van der Waals surface area (Å²) < 4.78 is 3.91. The standard InChI is InChI=1S/C4H6O3S/c1-3(8)4(6)7-2-5/h2-3,8H,1H3. The average molecular weight is 134 g/mol. The van der Waals surface area contributed by atoms with Crippen LogP contribution in [0.2, 0.25) is 0 Å². The lowest BCUT2D eigenvalue weighted by Crippen LogP contribution is -2.12. The molecule has 0 aromatic heterocycles. The predicted octanol–water partition coefficient (Wildman–Crippen LogP) is 0.00430. The first-order chi connectivity index (χ1) is 3.68. The second-order valence-corrected chi connectivity index (χ2v) is 1.98. The van der Waals surface area contributed by atoms with Gasteiger partial charge in [0.15, 0.2) is 0 Å². The highest BCUT2D eigenvalue weighted by Crippen LogP contribution is 1.93. The second-order valence-electron chi connectivity index (χ2n) is 1.21. The molecule has 0 saturated heterocycles. The summed E-state index contributed by atoms with van der Waals surface area (Å²) in [5, 5.41) is -0.528. The molecule has 0 bridgehead atoms. The van der Waals surface area contributed by atoms with Gasteiger partial charge >= 0.3 is 12.4 Å². The Morgan fingerprint density at radius 2 is 2.38 bits per heavy atom. The fourth-order valence-corrected chi connectivity index (χ4v) is 0.207. The molecule has 0 radical (unpaired) electrons. The van der Waals surface area contributed by atoms with Crippen LogP contribution in [0, 0.1) is 0 Å². The molecule has 1 unspecified atom stereocenters. The molecule has 8 heavy (non-hydrogen) atoms. The fraction of sp³-hybridized carbons (Fsp3) is 0.500. The second kappa shape index (κ2) is 3.49. The molecule has 3 nitrogen and oxygen atoms in total. The van der Waals surface area contributed by atoms with Crippen molar-refractivity contribution in [2.45, 2.75) is 12.2 Å². The summed E-state index contributed by atoms with van der Waals surface area (Å²) in [4.78, 5) is 19.7. The van der Waals surface area contributed by atoms with Gasteiger partial charge in [0.05, 0.1) is 5.25 Å². The van der Waals surface area contributed by atoms with Crippen LogP contribution in [-0.2, 0) is 14.3 Å². The molecular formula is C4H6O3S. The first-order valence-electron chi connectivity index (χ1n) is 2.00. The van der Waals surface area contributed by atoms with Crippen LogP contribution in [0.4, 0.5) is 0 Å². The third-order valence-corrected chi connectivity index (χ3v) is 0.716. The van der Waals surface area contributed by atoms with Crippen molar-refractivity contribution < 1.29 is 14.3 Å². The lowest BCUT2D eigenvalue weighted by molar-refractivity contribution is -0.150. The van der Waals surface area contributed by atoms with Crippen molar-refractivity contribution in [1.29, 1.82) is 0 Å². The highest BCUT2D eigenvalue weighted by atomic mass is 32.1. The summed E-state index contributed by atoms with van der Waals surface area (Å²) >= 11 is 3.69. The van der Waals surface area contributed by atoms with E-state index in [1.165, 1.54) is 6.92 Å². The van der Waals surface area contributed by atoms with E-state index in [1.54, 1.807) is 0 Å². The molecule has 0 fully saturated rings. The average Bonchev–Trinajstić information content (AvgIpc) is 1.67. The number of ether oxygens (including phenoxy) is 1. The maximum absolute atomic E-state index is 10.2. The largest absolute Gasteiger partial charge is 0.395 e. The summed E-state index contributed by atoms with van der Waals surface area (Å²) in [6.07, 6.45) is 0. The van der Waals surface area contributed by atoms with E-state index in [0.717, 1.165) is 0 Å². The zero-order valence-corrected chi connectivity index (χ0v) is 5.22. The smallest absolute Gasteiger partial charge is 0.325 e. The molecule has 0 N–H and O–H groups in total. The van der Waals surface area contributed by atoms with Gasteiger partial charge < -0.3 is 4.74 Å². The van der Waals surface area contributed by atoms with Crippen LogP contribution in [0.3, 0.4) is 0 Å². The summed E-state index contributed by atoms with van der Waals surface area (Å²) in [5.41, 5.74) is 0. The van der Waals surface area contributed by atoms with Crippen molar-refractivity contribution in [3.8, 4) is 0 Å². The van der Waals surface area contributed by atoms with Gasteiger partial charge in [-0.3, -0.25) is 9.59 Å². The third-order valence-electron chi connectivity index (χ3n) is 0.505. The molecule has 46 valence electrons. The van der Waals surface area contributed by atoms with Crippen molar-refractivity contribution >= 4 is 25.1 Å². The maximum atomic E-state index is 10.2. The van der Waals surface area contributed by atoms with Crippen molar-refractivity contribution in [2.75, 3.05) is 0 Å². The minimum Gasteiger partial charge on any atom is -0.395 e. The first-order valence-corrected chi connectivity index (χ1v) is 2.52. The fourth-order valence-electron chi connectivity index (χ4n) is 0.146. The molecule has 0 aliphatic heterocycles. The van der Waals surface area contributed by atoms with Gasteiger partial charge in [-0.25, -0.2) is 0 Å². The maximum Gasteiger partial charge on any atom is 0.325 e. The number of carbonyl (C=O) groups is 2. The normalized spacial score (nSPS) is 12.2. The van der Waals surface area contributed by atoms with E-state index >= 15 is 0 Å². The van der Waals surface area contributed by atoms with Crippen LogP contribution in [0.5, 0.6) is 0 Å². The van der Waals surface area contributed by atoms with Gasteiger partial charge in [0.2, 0.25) is 0 Å². The number of thiol groups is 1. The Hall–Kier alpha value is -0.510. The zero-order chi connectivity index (χ0) is 6.57. The van der Waals surface area contributed by atoms with Gasteiger partial charge in [0.25, 0.3) is 0 Å². The number of esters is 1. The Balaban J connectivity index is 3.48. The first kappa shape index (κ1) is 7.49. The minimum atomic E-state index is -0.622. The Labute approximate surface area is 52.4 Å². The minimum absolute atomic E-state index is 0.0923. The van der Waals surface area contributed by atoms with Gasteiger partial charge in [-0.2, -0.15) is 12.6 Å². The highest BCUT2D eigenvalue weighted by molar-refractivity contribution is 7.81. The van der Waals surface area contributed by atoms with Crippen LogP contribution in [0.25, 0.3) is 0 Å². The topological polar surface area (TPSA) is 43.4 Å². The van der Waals surface area contributed by atoms with Crippen LogP contribution < -0.4 is 0 Å². The Morgan fingerprint density at radius 1 is 1.88 bits per heavy atom. The summed E-state index contributed by atoms with van der Waals surface area (Å²) in [5.74, 6) is -0.622. The Morgan fingerprint density at radius 3 is 2.50 bits per heavy atom. The van der Waals surface area contributed by atoms with E-state index in [-0.39, 0.29) is 6.47 Å². The number of hydrogen-bond acceptors (Lipinski definition) is 4. The van der Waals surface area contributed by atoms with Gasteiger partial charge in [0, 0.05) is 0 Å². The molecule has 0 saturated carbocycles. The predicted molar refractivity (Wildman–Crippen MR) is 30.6 cm³/mol. The highest BCUT2D eigenvalue weighted by Gasteiger charge is 2.06. The van der Waals surface area contributed by atoms with Gasteiger partial charge in [-0.1, -0.05) is 0 Å². The molecule has 0 spiro atoms. The lowest BCUT2D eigenvalue weighted by atomic mass is 10.5. The van der Waals surface area contributed by atoms with E-state index in [2.05, 4.69) is 17.4 Å². The quantitative estimate of drug-likeness (QED) is 0.250. The van der Waals surface area contributed by atoms with Gasteiger partial charge in [-0.15, -0.1) is 0 Å². The molecule has 0 aromatic rings.